The van der Waals surface area contributed by atoms with Crippen LogP contribution in [0, 0.1) is 5.82 Å². The minimum atomic E-state index is -0.353. The zero-order valence-corrected chi connectivity index (χ0v) is 13.7. The molecule has 4 rings (SSSR count). The molecule has 0 aliphatic heterocycles. The molecular weight excluding hydrogens is 353 g/mol. The quantitative estimate of drug-likeness (QED) is 0.364. The standard InChI is InChI=1S/C17H12FN7O2/c18-11-5-7-12(8-6-11)20-14-15(22-17-16(21-14)24-27-25-17)23-19-9-10-3-1-2-4-13(10)26/h1-9,26H,(H,20,21,24)(H,22,23,25). The predicted molar refractivity (Wildman–Crippen MR) is 96.4 cm³/mol. The first-order valence-corrected chi connectivity index (χ1v) is 7.79. The lowest BCUT2D eigenvalue weighted by Gasteiger charge is -2.09. The number of phenols is 1. The number of anilines is 3. The van der Waals surface area contributed by atoms with Crippen LogP contribution in [0.2, 0.25) is 0 Å². The van der Waals surface area contributed by atoms with Crippen LogP contribution in [-0.2, 0) is 0 Å². The van der Waals surface area contributed by atoms with E-state index in [0.29, 0.717) is 17.1 Å². The summed E-state index contributed by atoms with van der Waals surface area (Å²) < 4.78 is 17.7. The van der Waals surface area contributed by atoms with Gasteiger partial charge in [-0.2, -0.15) is 10.1 Å². The van der Waals surface area contributed by atoms with Crippen molar-refractivity contribution in [3.63, 3.8) is 0 Å². The van der Waals surface area contributed by atoms with Crippen molar-refractivity contribution >= 4 is 34.8 Å². The lowest BCUT2D eigenvalue weighted by molar-refractivity contribution is 0.314. The second-order valence-electron chi connectivity index (χ2n) is 5.39. The Morgan fingerprint density at radius 3 is 2.41 bits per heavy atom. The molecule has 9 nitrogen and oxygen atoms in total. The fourth-order valence-electron chi connectivity index (χ4n) is 2.23. The highest BCUT2D eigenvalue weighted by Gasteiger charge is 2.12. The Morgan fingerprint density at radius 2 is 1.67 bits per heavy atom. The molecule has 10 heteroatoms. The van der Waals surface area contributed by atoms with Gasteiger partial charge < -0.3 is 10.4 Å². The van der Waals surface area contributed by atoms with Gasteiger partial charge in [0, 0.05) is 11.3 Å². The SMILES string of the molecule is Oc1ccccc1C=NNc1nc2nonc2nc1Nc1ccc(F)cc1. The predicted octanol–water partition coefficient (Wildman–Crippen LogP) is 3.05. The van der Waals surface area contributed by atoms with E-state index in [-0.39, 0.29) is 28.7 Å². The van der Waals surface area contributed by atoms with E-state index in [4.69, 9.17) is 0 Å². The summed E-state index contributed by atoms with van der Waals surface area (Å²) in [7, 11) is 0. The maximum atomic E-state index is 13.1. The zero-order valence-electron chi connectivity index (χ0n) is 13.7. The summed E-state index contributed by atoms with van der Waals surface area (Å²) in [5.74, 6) is 0.275. The van der Waals surface area contributed by atoms with E-state index in [2.05, 4.69) is 40.8 Å². The monoisotopic (exact) mass is 365 g/mol. The number of hydrogen-bond donors (Lipinski definition) is 3. The number of halogens is 1. The maximum absolute atomic E-state index is 13.1. The van der Waals surface area contributed by atoms with Crippen molar-refractivity contribution in [2.45, 2.75) is 0 Å². The van der Waals surface area contributed by atoms with Crippen molar-refractivity contribution in [2.24, 2.45) is 5.10 Å². The van der Waals surface area contributed by atoms with Gasteiger partial charge in [-0.1, -0.05) is 12.1 Å². The molecule has 0 bridgehead atoms. The molecule has 2 heterocycles. The second kappa shape index (κ2) is 7.04. The fourth-order valence-corrected chi connectivity index (χ4v) is 2.23. The third kappa shape index (κ3) is 3.63. The number of hydrogen-bond acceptors (Lipinski definition) is 9. The van der Waals surface area contributed by atoms with Crippen molar-refractivity contribution < 1.29 is 14.1 Å². The van der Waals surface area contributed by atoms with Gasteiger partial charge in [0.05, 0.1) is 6.21 Å². The summed E-state index contributed by atoms with van der Waals surface area (Å²) in [6.07, 6.45) is 1.43. The van der Waals surface area contributed by atoms with Crippen molar-refractivity contribution in [1.29, 1.82) is 0 Å². The molecule has 0 saturated carbocycles. The number of aromatic nitrogens is 4. The van der Waals surface area contributed by atoms with Crippen LogP contribution in [0.3, 0.4) is 0 Å². The molecule has 0 fully saturated rings. The first kappa shape index (κ1) is 16.4. The largest absolute Gasteiger partial charge is 0.507 e. The van der Waals surface area contributed by atoms with Gasteiger partial charge in [0.2, 0.25) is 11.3 Å². The summed E-state index contributed by atoms with van der Waals surface area (Å²) in [5.41, 5.74) is 4.25. The van der Waals surface area contributed by atoms with Crippen LogP contribution < -0.4 is 10.7 Å². The number of benzene rings is 2. The Bertz CT molecular complexity index is 1110. The second-order valence-corrected chi connectivity index (χ2v) is 5.39. The van der Waals surface area contributed by atoms with Crippen LogP contribution in [0.1, 0.15) is 5.56 Å². The molecule has 3 N–H and O–H groups in total. The van der Waals surface area contributed by atoms with E-state index < -0.39 is 0 Å². The van der Waals surface area contributed by atoms with Crippen molar-refractivity contribution in [3.05, 3.63) is 59.9 Å². The van der Waals surface area contributed by atoms with E-state index in [1.165, 1.54) is 18.3 Å². The zero-order chi connectivity index (χ0) is 18.6. The lowest BCUT2D eigenvalue weighted by Crippen LogP contribution is -2.03. The highest BCUT2D eigenvalue weighted by atomic mass is 19.1. The molecule has 0 unspecified atom stereocenters. The third-order valence-electron chi connectivity index (χ3n) is 3.53. The molecule has 27 heavy (non-hydrogen) atoms. The number of rotatable bonds is 5. The average Bonchev–Trinajstić information content (AvgIpc) is 3.12. The molecule has 0 amide bonds. The Morgan fingerprint density at radius 1 is 0.963 bits per heavy atom. The third-order valence-corrected chi connectivity index (χ3v) is 3.53. The smallest absolute Gasteiger partial charge is 0.245 e. The van der Waals surface area contributed by atoms with Crippen LogP contribution >= 0.6 is 0 Å². The van der Waals surface area contributed by atoms with E-state index in [1.54, 1.807) is 36.4 Å². The summed E-state index contributed by atoms with van der Waals surface area (Å²) in [5, 5.41) is 24.1. The number of phenolic OH excluding ortho intramolecular Hbond substituents is 1. The summed E-state index contributed by atoms with van der Waals surface area (Å²) in [6, 6.07) is 12.5. The summed E-state index contributed by atoms with van der Waals surface area (Å²) >= 11 is 0. The number of para-hydroxylation sites is 1. The van der Waals surface area contributed by atoms with Crippen LogP contribution in [-0.4, -0.2) is 31.6 Å². The van der Waals surface area contributed by atoms with Crippen LogP contribution in [0.4, 0.5) is 21.7 Å². The molecule has 0 atom stereocenters. The van der Waals surface area contributed by atoms with Gasteiger partial charge in [0.1, 0.15) is 11.6 Å². The topological polar surface area (TPSA) is 121 Å². The van der Waals surface area contributed by atoms with Crippen LogP contribution in [0.25, 0.3) is 11.3 Å². The minimum absolute atomic E-state index is 0.0925. The molecule has 2 aromatic carbocycles. The van der Waals surface area contributed by atoms with Crippen LogP contribution in [0.5, 0.6) is 5.75 Å². The molecule has 0 aliphatic carbocycles. The van der Waals surface area contributed by atoms with Gasteiger partial charge in [-0.25, -0.2) is 14.0 Å². The lowest BCUT2D eigenvalue weighted by atomic mass is 10.2. The number of aromatic hydroxyl groups is 1. The van der Waals surface area contributed by atoms with Crippen LogP contribution in [0.15, 0.2) is 58.3 Å². The van der Waals surface area contributed by atoms with E-state index in [0.717, 1.165) is 0 Å². The fraction of sp³-hybridized carbons (Fsp3) is 0. The van der Waals surface area contributed by atoms with Gasteiger partial charge in [-0.05, 0) is 46.7 Å². The highest BCUT2D eigenvalue weighted by molar-refractivity contribution is 5.84. The molecule has 0 radical (unpaired) electrons. The first-order chi connectivity index (χ1) is 13.2. The van der Waals surface area contributed by atoms with E-state index in [1.807, 2.05) is 0 Å². The molecule has 134 valence electrons. The Labute approximate surface area is 151 Å². The Balaban J connectivity index is 1.63. The number of nitrogens with one attached hydrogen (secondary N) is 2. The average molecular weight is 365 g/mol. The Kier molecular flexibility index (Phi) is 4.27. The normalized spacial score (nSPS) is 11.1. The van der Waals surface area contributed by atoms with Gasteiger partial charge in [0.15, 0.2) is 11.6 Å². The van der Waals surface area contributed by atoms with E-state index in [9.17, 15) is 9.50 Å². The molecule has 2 aromatic heterocycles. The van der Waals surface area contributed by atoms with Gasteiger partial charge in [-0.15, -0.1) is 0 Å². The number of nitrogens with zero attached hydrogens (tertiary/aromatic N) is 5. The number of fused-ring (bicyclic) bond motifs is 1. The molecule has 0 saturated heterocycles. The minimum Gasteiger partial charge on any atom is -0.507 e. The van der Waals surface area contributed by atoms with Crippen molar-refractivity contribution in [1.82, 2.24) is 20.3 Å². The highest BCUT2D eigenvalue weighted by Crippen LogP contribution is 2.24. The molecular formula is C17H12FN7O2. The van der Waals surface area contributed by atoms with Gasteiger partial charge in [-0.3, -0.25) is 5.43 Å². The maximum Gasteiger partial charge on any atom is 0.245 e. The van der Waals surface area contributed by atoms with E-state index >= 15 is 0 Å². The molecule has 4 aromatic rings. The van der Waals surface area contributed by atoms with Crippen molar-refractivity contribution in [3.8, 4) is 5.75 Å². The summed E-state index contributed by atoms with van der Waals surface area (Å²) in [4.78, 5) is 8.52. The van der Waals surface area contributed by atoms with Gasteiger partial charge >= 0.3 is 0 Å². The Hall–Kier alpha value is -4.08. The molecule has 0 spiro atoms. The first-order valence-electron chi connectivity index (χ1n) is 7.79. The van der Waals surface area contributed by atoms with Gasteiger partial charge in [0.25, 0.3) is 0 Å². The summed E-state index contributed by atoms with van der Waals surface area (Å²) in [6.45, 7) is 0. The van der Waals surface area contributed by atoms with Crippen molar-refractivity contribution in [2.75, 3.05) is 10.7 Å². The number of hydrazone groups is 1. The molecule has 0 aliphatic rings.